The van der Waals surface area contributed by atoms with Crippen molar-refractivity contribution in [1.82, 2.24) is 0 Å². The van der Waals surface area contributed by atoms with Crippen LogP contribution in [0.2, 0.25) is 5.02 Å². The Balaban J connectivity index is 3.13. The van der Waals surface area contributed by atoms with E-state index >= 15 is 0 Å². The van der Waals surface area contributed by atoms with Crippen molar-refractivity contribution in [3.05, 3.63) is 64.2 Å². The molecule has 0 fully saturated rings. The van der Waals surface area contributed by atoms with Crippen molar-refractivity contribution in [1.29, 1.82) is 0 Å². The average molecular weight is 261 g/mol. The van der Waals surface area contributed by atoms with Crippen molar-refractivity contribution >= 4 is 17.2 Å². The molecule has 0 amide bonds. The minimum atomic E-state index is 0.811. The first-order chi connectivity index (χ1) is 8.63. The molecule has 0 saturated heterocycles. The zero-order valence-corrected chi connectivity index (χ0v) is 12.4. The summed E-state index contributed by atoms with van der Waals surface area (Å²) in [5.74, 6) is 0. The highest BCUT2D eigenvalue weighted by atomic mass is 35.5. The van der Waals surface area contributed by atoms with Crippen LogP contribution in [0.1, 0.15) is 38.3 Å². The van der Waals surface area contributed by atoms with Crippen LogP contribution in [0, 0.1) is 6.92 Å². The van der Waals surface area contributed by atoms with Gasteiger partial charge in [-0.15, -0.1) is 0 Å². The lowest BCUT2D eigenvalue weighted by Gasteiger charge is -2.09. The van der Waals surface area contributed by atoms with Crippen molar-refractivity contribution in [2.75, 3.05) is 0 Å². The molecule has 0 spiro atoms. The normalized spacial score (nSPS) is 13.4. The molecule has 0 bridgehead atoms. The SMILES string of the molecule is C\C=C(/C=C\C(=C/C)c1c(C)cccc1Cl)CC. The molecular weight excluding hydrogens is 240 g/mol. The number of rotatable bonds is 4. The molecule has 0 atom stereocenters. The first-order valence-electron chi connectivity index (χ1n) is 6.39. The summed E-state index contributed by atoms with van der Waals surface area (Å²) in [6.07, 6.45) is 9.60. The van der Waals surface area contributed by atoms with E-state index in [9.17, 15) is 0 Å². The number of halogens is 1. The Labute approximate surface area is 116 Å². The molecule has 18 heavy (non-hydrogen) atoms. The quantitative estimate of drug-likeness (QED) is 0.586. The topological polar surface area (TPSA) is 0 Å². The molecule has 0 saturated carbocycles. The Morgan fingerprint density at radius 1 is 1.17 bits per heavy atom. The minimum Gasteiger partial charge on any atom is -0.0845 e. The van der Waals surface area contributed by atoms with Gasteiger partial charge < -0.3 is 0 Å². The maximum atomic E-state index is 6.30. The molecule has 0 aliphatic heterocycles. The Morgan fingerprint density at radius 2 is 1.89 bits per heavy atom. The number of aryl methyl sites for hydroxylation is 1. The van der Waals surface area contributed by atoms with Crippen LogP contribution in [0.3, 0.4) is 0 Å². The van der Waals surface area contributed by atoms with Crippen LogP contribution in [0.5, 0.6) is 0 Å². The number of hydrogen-bond donors (Lipinski definition) is 0. The standard InChI is InChI=1S/C17H21Cl/c1-5-14(6-2)11-12-15(7-3)17-13(4)9-8-10-16(17)18/h5,7-12H,6H2,1-4H3/b12-11-,14-5-,15-7+. The summed E-state index contributed by atoms with van der Waals surface area (Å²) in [6.45, 7) is 8.37. The van der Waals surface area contributed by atoms with Crippen molar-refractivity contribution in [3.63, 3.8) is 0 Å². The van der Waals surface area contributed by atoms with Crippen molar-refractivity contribution in [2.45, 2.75) is 34.1 Å². The van der Waals surface area contributed by atoms with Gasteiger partial charge in [-0.3, -0.25) is 0 Å². The zero-order valence-electron chi connectivity index (χ0n) is 11.6. The van der Waals surface area contributed by atoms with Crippen LogP contribution in [0.25, 0.3) is 5.57 Å². The van der Waals surface area contributed by atoms with Crippen molar-refractivity contribution in [3.8, 4) is 0 Å². The van der Waals surface area contributed by atoms with E-state index in [0.29, 0.717) is 0 Å². The zero-order chi connectivity index (χ0) is 13.5. The second kappa shape index (κ2) is 7.23. The predicted octanol–water partition coefficient (Wildman–Crippen LogP) is 5.96. The van der Waals surface area contributed by atoms with Crippen LogP contribution in [0.15, 0.2) is 48.1 Å². The lowest BCUT2D eigenvalue weighted by atomic mass is 9.99. The molecule has 0 radical (unpaired) electrons. The molecule has 0 heterocycles. The van der Waals surface area contributed by atoms with E-state index in [1.807, 2.05) is 19.1 Å². The smallest absolute Gasteiger partial charge is 0.0486 e. The van der Waals surface area contributed by atoms with Gasteiger partial charge in [0.1, 0.15) is 0 Å². The largest absolute Gasteiger partial charge is 0.0845 e. The van der Waals surface area contributed by atoms with Gasteiger partial charge in [-0.05, 0) is 44.4 Å². The van der Waals surface area contributed by atoms with E-state index in [-0.39, 0.29) is 0 Å². The van der Waals surface area contributed by atoms with Gasteiger partial charge in [0.05, 0.1) is 0 Å². The monoisotopic (exact) mass is 260 g/mol. The van der Waals surface area contributed by atoms with Crippen LogP contribution in [0.4, 0.5) is 0 Å². The molecule has 1 heteroatoms. The van der Waals surface area contributed by atoms with E-state index in [0.717, 1.165) is 17.0 Å². The molecule has 0 N–H and O–H groups in total. The fourth-order valence-electron chi connectivity index (χ4n) is 1.94. The van der Waals surface area contributed by atoms with Gasteiger partial charge in [-0.1, -0.05) is 60.5 Å². The Hall–Kier alpha value is -1.27. The van der Waals surface area contributed by atoms with Crippen LogP contribution < -0.4 is 0 Å². The second-order valence-electron chi connectivity index (χ2n) is 4.23. The molecule has 96 valence electrons. The first-order valence-corrected chi connectivity index (χ1v) is 6.76. The van der Waals surface area contributed by atoms with Crippen molar-refractivity contribution < 1.29 is 0 Å². The maximum Gasteiger partial charge on any atom is 0.0486 e. The summed E-state index contributed by atoms with van der Waals surface area (Å²) in [4.78, 5) is 0. The molecule has 0 aliphatic carbocycles. The average Bonchev–Trinajstić information content (AvgIpc) is 2.37. The second-order valence-corrected chi connectivity index (χ2v) is 4.63. The minimum absolute atomic E-state index is 0.811. The summed E-state index contributed by atoms with van der Waals surface area (Å²) in [5, 5.41) is 0.811. The lowest BCUT2D eigenvalue weighted by Crippen LogP contribution is -1.88. The number of allylic oxidation sites excluding steroid dienone is 6. The molecule has 0 aromatic heterocycles. The van der Waals surface area contributed by atoms with E-state index in [1.165, 1.54) is 16.7 Å². The highest BCUT2D eigenvalue weighted by Crippen LogP contribution is 2.28. The van der Waals surface area contributed by atoms with E-state index in [1.54, 1.807) is 0 Å². The van der Waals surface area contributed by atoms with Gasteiger partial charge in [-0.25, -0.2) is 0 Å². The number of hydrogen-bond acceptors (Lipinski definition) is 0. The molecule has 0 unspecified atom stereocenters. The van der Waals surface area contributed by atoms with Gasteiger partial charge in [-0.2, -0.15) is 0 Å². The fourth-order valence-corrected chi connectivity index (χ4v) is 2.27. The predicted molar refractivity (Wildman–Crippen MR) is 83.0 cm³/mol. The van der Waals surface area contributed by atoms with Gasteiger partial charge in [0, 0.05) is 10.6 Å². The Bertz CT molecular complexity index is 470. The Morgan fingerprint density at radius 3 is 2.39 bits per heavy atom. The summed E-state index contributed by atoms with van der Waals surface area (Å²) >= 11 is 6.30. The van der Waals surface area contributed by atoms with Crippen molar-refractivity contribution in [2.24, 2.45) is 0 Å². The van der Waals surface area contributed by atoms with Crippen LogP contribution in [-0.2, 0) is 0 Å². The summed E-state index contributed by atoms with van der Waals surface area (Å²) in [6, 6.07) is 6.02. The first kappa shape index (κ1) is 14.8. The van der Waals surface area contributed by atoms with Gasteiger partial charge >= 0.3 is 0 Å². The van der Waals surface area contributed by atoms with E-state index in [4.69, 9.17) is 11.6 Å². The van der Waals surface area contributed by atoms with Gasteiger partial charge in [0.25, 0.3) is 0 Å². The lowest BCUT2D eigenvalue weighted by molar-refractivity contribution is 1.14. The molecular formula is C17H21Cl. The van der Waals surface area contributed by atoms with E-state index < -0.39 is 0 Å². The van der Waals surface area contributed by atoms with Crippen LogP contribution in [-0.4, -0.2) is 0 Å². The van der Waals surface area contributed by atoms with E-state index in [2.05, 4.69) is 51.1 Å². The van der Waals surface area contributed by atoms with Gasteiger partial charge in [0.15, 0.2) is 0 Å². The third kappa shape index (κ3) is 3.61. The third-order valence-corrected chi connectivity index (χ3v) is 3.39. The molecule has 1 aromatic rings. The molecule has 0 nitrogen and oxygen atoms in total. The van der Waals surface area contributed by atoms with Crippen LogP contribution >= 0.6 is 11.6 Å². The highest BCUT2D eigenvalue weighted by Gasteiger charge is 2.06. The maximum absolute atomic E-state index is 6.30. The molecule has 0 aliphatic rings. The molecule has 1 aromatic carbocycles. The highest BCUT2D eigenvalue weighted by molar-refractivity contribution is 6.32. The Kier molecular flexibility index (Phi) is 5.94. The summed E-state index contributed by atoms with van der Waals surface area (Å²) in [5.41, 5.74) is 4.84. The summed E-state index contributed by atoms with van der Waals surface area (Å²) in [7, 11) is 0. The fraction of sp³-hybridized carbons (Fsp3) is 0.294. The summed E-state index contributed by atoms with van der Waals surface area (Å²) < 4.78 is 0. The van der Waals surface area contributed by atoms with Gasteiger partial charge in [0.2, 0.25) is 0 Å². The molecule has 1 rings (SSSR count). The number of benzene rings is 1. The third-order valence-electron chi connectivity index (χ3n) is 3.08.